The van der Waals surface area contributed by atoms with Crippen molar-refractivity contribution in [3.05, 3.63) is 58.9 Å². The fourth-order valence-electron chi connectivity index (χ4n) is 1.87. The Hall–Kier alpha value is -2.14. The zero-order chi connectivity index (χ0) is 12.4. The van der Waals surface area contributed by atoms with Crippen LogP contribution in [0.15, 0.2) is 36.4 Å². The fraction of sp³-hybridized carbons (Fsp3) is 0.133. The Morgan fingerprint density at radius 2 is 1.88 bits per heavy atom. The van der Waals surface area contributed by atoms with Crippen molar-refractivity contribution in [3.8, 4) is 17.2 Å². The number of nitriles is 1. The minimum atomic E-state index is -0.375. The van der Waals surface area contributed by atoms with Crippen molar-refractivity contribution in [2.45, 2.75) is 13.8 Å². The van der Waals surface area contributed by atoms with Gasteiger partial charge in [0.05, 0.1) is 11.6 Å². The third-order valence-corrected chi connectivity index (χ3v) is 2.94. The predicted octanol–water partition coefficient (Wildman–Crippen LogP) is 3.98. The molecule has 0 N–H and O–H groups in total. The summed E-state index contributed by atoms with van der Waals surface area (Å²) in [6, 6.07) is 12.3. The summed E-state index contributed by atoms with van der Waals surface area (Å²) in [5.74, 6) is -0.375. The van der Waals surface area contributed by atoms with Gasteiger partial charge in [0.2, 0.25) is 0 Å². The molecule has 0 bridgehead atoms. The lowest BCUT2D eigenvalue weighted by molar-refractivity contribution is 0.628. The molecule has 0 aliphatic heterocycles. The predicted molar refractivity (Wildman–Crippen MR) is 66.0 cm³/mol. The molecule has 0 saturated carbocycles. The average Bonchev–Trinajstić information content (AvgIpc) is 2.31. The zero-order valence-electron chi connectivity index (χ0n) is 9.79. The number of benzene rings is 2. The van der Waals surface area contributed by atoms with Gasteiger partial charge in [-0.15, -0.1) is 0 Å². The minimum absolute atomic E-state index is 0.348. The van der Waals surface area contributed by atoms with Crippen molar-refractivity contribution in [1.82, 2.24) is 0 Å². The van der Waals surface area contributed by atoms with E-state index < -0.39 is 0 Å². The lowest BCUT2D eigenvalue weighted by atomic mass is 9.96. The Bertz CT molecular complexity index is 609. The topological polar surface area (TPSA) is 23.8 Å². The van der Waals surface area contributed by atoms with Crippen molar-refractivity contribution >= 4 is 0 Å². The lowest BCUT2D eigenvalue weighted by Crippen LogP contribution is -1.89. The molecule has 0 saturated heterocycles. The van der Waals surface area contributed by atoms with E-state index in [-0.39, 0.29) is 5.82 Å². The smallest absolute Gasteiger partial charge is 0.125 e. The molecule has 2 aromatic carbocycles. The van der Waals surface area contributed by atoms with Crippen molar-refractivity contribution < 1.29 is 4.39 Å². The van der Waals surface area contributed by atoms with Crippen LogP contribution < -0.4 is 0 Å². The van der Waals surface area contributed by atoms with Gasteiger partial charge in [0.15, 0.2) is 0 Å². The quantitative estimate of drug-likeness (QED) is 0.720. The summed E-state index contributed by atoms with van der Waals surface area (Å²) in [6.45, 7) is 4.02. The second-order valence-electron chi connectivity index (χ2n) is 4.09. The Kier molecular flexibility index (Phi) is 2.93. The van der Waals surface area contributed by atoms with Gasteiger partial charge < -0.3 is 0 Å². The highest BCUT2D eigenvalue weighted by Gasteiger charge is 2.06. The van der Waals surface area contributed by atoms with E-state index in [4.69, 9.17) is 5.26 Å². The molecule has 84 valence electrons. The molecular formula is C15H12FN. The number of nitrogens with zero attached hydrogens (tertiary/aromatic N) is 1. The summed E-state index contributed by atoms with van der Waals surface area (Å²) in [7, 11) is 0. The number of rotatable bonds is 1. The van der Waals surface area contributed by atoms with Crippen LogP contribution in [0.2, 0.25) is 0 Å². The van der Waals surface area contributed by atoms with Gasteiger partial charge in [0.25, 0.3) is 0 Å². The van der Waals surface area contributed by atoms with E-state index in [0.717, 1.165) is 22.3 Å². The van der Waals surface area contributed by atoms with E-state index in [0.29, 0.717) is 5.56 Å². The SMILES string of the molecule is Cc1cccc(-c2cc(F)cc(C#N)c2)c1C. The van der Waals surface area contributed by atoms with Gasteiger partial charge in [-0.25, -0.2) is 4.39 Å². The van der Waals surface area contributed by atoms with E-state index in [1.54, 1.807) is 6.07 Å². The maximum atomic E-state index is 13.4. The lowest BCUT2D eigenvalue weighted by Gasteiger charge is -2.09. The Morgan fingerprint density at radius 1 is 1.12 bits per heavy atom. The monoisotopic (exact) mass is 225 g/mol. The summed E-state index contributed by atoms with van der Waals surface area (Å²) >= 11 is 0. The van der Waals surface area contributed by atoms with E-state index in [2.05, 4.69) is 0 Å². The molecule has 0 aromatic heterocycles. The summed E-state index contributed by atoms with van der Waals surface area (Å²) in [5.41, 5.74) is 4.34. The van der Waals surface area contributed by atoms with Crippen LogP contribution in [0.25, 0.3) is 11.1 Å². The van der Waals surface area contributed by atoms with Gasteiger partial charge >= 0.3 is 0 Å². The molecule has 2 heteroatoms. The van der Waals surface area contributed by atoms with Gasteiger partial charge in [-0.1, -0.05) is 18.2 Å². The Labute approximate surface area is 100 Å². The molecule has 2 aromatic rings. The standard InChI is InChI=1S/C15H12FN/c1-10-4-3-5-15(11(10)2)13-6-12(9-17)7-14(16)8-13/h3-8H,1-2H3. The van der Waals surface area contributed by atoms with Crippen LogP contribution in [-0.4, -0.2) is 0 Å². The van der Waals surface area contributed by atoms with Crippen LogP contribution in [0.1, 0.15) is 16.7 Å². The van der Waals surface area contributed by atoms with Gasteiger partial charge in [0, 0.05) is 0 Å². The molecule has 0 spiro atoms. The molecule has 0 unspecified atom stereocenters. The normalized spacial score (nSPS) is 10.0. The van der Waals surface area contributed by atoms with Crippen LogP contribution >= 0.6 is 0 Å². The summed E-state index contributed by atoms with van der Waals surface area (Å²) in [5, 5.41) is 8.84. The first kappa shape index (κ1) is 11.3. The highest BCUT2D eigenvalue weighted by molar-refractivity contribution is 5.69. The Balaban J connectivity index is 2.65. The molecule has 2 rings (SSSR count). The second-order valence-corrected chi connectivity index (χ2v) is 4.09. The second kappa shape index (κ2) is 4.39. The number of hydrogen-bond donors (Lipinski definition) is 0. The molecule has 0 heterocycles. The summed E-state index contributed by atoms with van der Waals surface area (Å²) < 4.78 is 13.4. The molecule has 1 nitrogen and oxygen atoms in total. The van der Waals surface area contributed by atoms with Gasteiger partial charge in [0.1, 0.15) is 5.82 Å². The largest absolute Gasteiger partial charge is 0.207 e. The Morgan fingerprint density at radius 3 is 2.59 bits per heavy atom. The molecule has 17 heavy (non-hydrogen) atoms. The third kappa shape index (κ3) is 2.19. The van der Waals surface area contributed by atoms with E-state index in [1.165, 1.54) is 12.1 Å². The van der Waals surface area contributed by atoms with Crippen LogP contribution in [-0.2, 0) is 0 Å². The first-order valence-electron chi connectivity index (χ1n) is 5.39. The molecular weight excluding hydrogens is 213 g/mol. The van der Waals surface area contributed by atoms with Crippen LogP contribution in [0.3, 0.4) is 0 Å². The van der Waals surface area contributed by atoms with E-state index in [1.807, 2.05) is 38.1 Å². The fourth-order valence-corrected chi connectivity index (χ4v) is 1.87. The summed E-state index contributed by atoms with van der Waals surface area (Å²) in [6.07, 6.45) is 0. The molecule has 0 radical (unpaired) electrons. The molecule has 0 atom stereocenters. The van der Waals surface area contributed by atoms with Crippen LogP contribution in [0.4, 0.5) is 4.39 Å². The molecule has 0 amide bonds. The highest BCUT2D eigenvalue weighted by atomic mass is 19.1. The minimum Gasteiger partial charge on any atom is -0.207 e. The van der Waals surface area contributed by atoms with Crippen LogP contribution in [0.5, 0.6) is 0 Å². The molecule has 0 aliphatic rings. The van der Waals surface area contributed by atoms with Crippen molar-refractivity contribution in [1.29, 1.82) is 5.26 Å². The van der Waals surface area contributed by atoms with E-state index >= 15 is 0 Å². The maximum absolute atomic E-state index is 13.4. The number of aryl methyl sites for hydroxylation is 1. The van der Waals surface area contributed by atoms with Crippen molar-refractivity contribution in [2.75, 3.05) is 0 Å². The van der Waals surface area contributed by atoms with Gasteiger partial charge in [-0.2, -0.15) is 5.26 Å². The average molecular weight is 225 g/mol. The van der Waals surface area contributed by atoms with E-state index in [9.17, 15) is 4.39 Å². The summed E-state index contributed by atoms with van der Waals surface area (Å²) in [4.78, 5) is 0. The molecule has 0 aliphatic carbocycles. The first-order chi connectivity index (χ1) is 8.11. The highest BCUT2D eigenvalue weighted by Crippen LogP contribution is 2.26. The van der Waals surface area contributed by atoms with Gasteiger partial charge in [-0.05, 0) is 54.3 Å². The van der Waals surface area contributed by atoms with Crippen LogP contribution in [0, 0.1) is 31.0 Å². The first-order valence-corrected chi connectivity index (χ1v) is 5.39. The van der Waals surface area contributed by atoms with Crippen molar-refractivity contribution in [3.63, 3.8) is 0 Å². The number of halogens is 1. The van der Waals surface area contributed by atoms with Gasteiger partial charge in [-0.3, -0.25) is 0 Å². The zero-order valence-corrected chi connectivity index (χ0v) is 9.79. The third-order valence-electron chi connectivity index (χ3n) is 2.94. The molecule has 0 fully saturated rings. The van der Waals surface area contributed by atoms with Crippen molar-refractivity contribution in [2.24, 2.45) is 0 Å². The maximum Gasteiger partial charge on any atom is 0.125 e. The number of hydrogen-bond acceptors (Lipinski definition) is 1.